The second-order valence-corrected chi connectivity index (χ2v) is 5.86. The van der Waals surface area contributed by atoms with Crippen molar-refractivity contribution in [2.24, 2.45) is 11.7 Å². The molecule has 104 valence electrons. The van der Waals surface area contributed by atoms with Crippen molar-refractivity contribution in [3.05, 3.63) is 34.9 Å². The summed E-state index contributed by atoms with van der Waals surface area (Å²) in [5.74, 6) is -0.107. The summed E-state index contributed by atoms with van der Waals surface area (Å²) in [4.78, 5) is 12.2. The maximum absolute atomic E-state index is 12.2. The van der Waals surface area contributed by atoms with Gasteiger partial charge < -0.3 is 11.1 Å². The lowest BCUT2D eigenvalue weighted by Crippen LogP contribution is -2.47. The first-order valence-electron chi connectivity index (χ1n) is 6.85. The lowest BCUT2D eigenvalue weighted by molar-refractivity contribution is -0.126. The fourth-order valence-electron chi connectivity index (χ4n) is 2.70. The highest BCUT2D eigenvalue weighted by molar-refractivity contribution is 6.30. The number of hydrogen-bond acceptors (Lipinski definition) is 2. The van der Waals surface area contributed by atoms with Gasteiger partial charge in [-0.2, -0.15) is 0 Å². The molecule has 0 spiro atoms. The quantitative estimate of drug-likeness (QED) is 0.891. The molecule has 3 nitrogen and oxygen atoms in total. The molecule has 1 fully saturated rings. The predicted octanol–water partition coefficient (Wildman–Crippen LogP) is 2.82. The average molecular weight is 281 g/mol. The summed E-state index contributed by atoms with van der Waals surface area (Å²) in [6.45, 7) is 2.24. The third kappa shape index (κ3) is 3.10. The zero-order chi connectivity index (χ0) is 13.9. The normalized spacial score (nSPS) is 19.1. The van der Waals surface area contributed by atoms with E-state index in [2.05, 4.69) is 5.32 Å². The van der Waals surface area contributed by atoms with Crippen molar-refractivity contribution in [3.63, 3.8) is 0 Å². The topological polar surface area (TPSA) is 55.1 Å². The Hall–Kier alpha value is -1.06. The Morgan fingerprint density at radius 3 is 2.47 bits per heavy atom. The number of nitrogens with two attached hydrogens (primary N) is 1. The Morgan fingerprint density at radius 1 is 1.37 bits per heavy atom. The standard InChI is InChI=1S/C15H21ClN2O/c1-11(10-17)14(19)18-15(8-2-3-9-15)12-4-6-13(16)7-5-12/h4-7,11H,2-3,8-10,17H2,1H3,(H,18,19). The Bertz CT molecular complexity index is 438. The molecule has 0 bridgehead atoms. The fraction of sp³-hybridized carbons (Fsp3) is 0.533. The van der Waals surface area contributed by atoms with Gasteiger partial charge in [0.1, 0.15) is 0 Å². The zero-order valence-corrected chi connectivity index (χ0v) is 12.0. The highest BCUT2D eigenvalue weighted by Gasteiger charge is 2.37. The van der Waals surface area contributed by atoms with Gasteiger partial charge in [-0.05, 0) is 30.5 Å². The molecule has 1 aromatic rings. The van der Waals surface area contributed by atoms with Crippen LogP contribution in [0.25, 0.3) is 0 Å². The average Bonchev–Trinajstić information content (AvgIpc) is 2.88. The highest BCUT2D eigenvalue weighted by Crippen LogP contribution is 2.39. The number of rotatable bonds is 4. The number of nitrogens with one attached hydrogen (secondary N) is 1. The largest absolute Gasteiger partial charge is 0.346 e. The zero-order valence-electron chi connectivity index (χ0n) is 11.3. The number of halogens is 1. The summed E-state index contributed by atoms with van der Waals surface area (Å²) in [5.41, 5.74) is 6.48. The molecule has 1 aliphatic rings. The lowest BCUT2D eigenvalue weighted by Gasteiger charge is -2.32. The van der Waals surface area contributed by atoms with Gasteiger partial charge in [-0.1, -0.05) is 43.5 Å². The van der Waals surface area contributed by atoms with E-state index in [1.165, 1.54) is 0 Å². The van der Waals surface area contributed by atoms with E-state index in [0.29, 0.717) is 6.54 Å². The number of carbonyl (C=O) groups excluding carboxylic acids is 1. The van der Waals surface area contributed by atoms with Gasteiger partial charge in [0.15, 0.2) is 0 Å². The number of hydrogen-bond donors (Lipinski definition) is 2. The molecule has 0 radical (unpaired) electrons. The molecular formula is C15H21ClN2O. The maximum atomic E-state index is 12.2. The van der Waals surface area contributed by atoms with Gasteiger partial charge in [0.25, 0.3) is 0 Å². The second-order valence-electron chi connectivity index (χ2n) is 5.42. The van der Waals surface area contributed by atoms with Crippen LogP contribution in [0.4, 0.5) is 0 Å². The third-order valence-electron chi connectivity index (χ3n) is 4.02. The van der Waals surface area contributed by atoms with Gasteiger partial charge in [-0.3, -0.25) is 4.79 Å². The van der Waals surface area contributed by atoms with Crippen LogP contribution < -0.4 is 11.1 Å². The first kappa shape index (κ1) is 14.4. The van der Waals surface area contributed by atoms with Crippen LogP contribution >= 0.6 is 11.6 Å². The van der Waals surface area contributed by atoms with E-state index in [9.17, 15) is 4.79 Å². The minimum atomic E-state index is -0.231. The molecule has 1 aliphatic carbocycles. The molecule has 1 unspecified atom stereocenters. The Balaban J connectivity index is 2.23. The summed E-state index contributed by atoms with van der Waals surface area (Å²) in [5, 5.41) is 3.94. The molecule has 19 heavy (non-hydrogen) atoms. The van der Waals surface area contributed by atoms with Gasteiger partial charge in [0.05, 0.1) is 5.54 Å². The summed E-state index contributed by atoms with van der Waals surface area (Å²) in [6, 6.07) is 7.80. The number of benzene rings is 1. The van der Waals surface area contributed by atoms with E-state index >= 15 is 0 Å². The molecule has 1 atom stereocenters. The maximum Gasteiger partial charge on any atom is 0.224 e. The Morgan fingerprint density at radius 2 is 1.95 bits per heavy atom. The van der Waals surface area contributed by atoms with Gasteiger partial charge in [-0.15, -0.1) is 0 Å². The minimum Gasteiger partial charge on any atom is -0.346 e. The molecule has 4 heteroatoms. The monoisotopic (exact) mass is 280 g/mol. The first-order chi connectivity index (χ1) is 9.07. The van der Waals surface area contributed by atoms with Crippen molar-refractivity contribution in [3.8, 4) is 0 Å². The summed E-state index contributed by atoms with van der Waals surface area (Å²) >= 11 is 5.94. The molecule has 0 heterocycles. The van der Waals surface area contributed by atoms with Crippen LogP contribution in [-0.2, 0) is 10.3 Å². The molecule has 1 saturated carbocycles. The lowest BCUT2D eigenvalue weighted by atomic mass is 9.87. The SMILES string of the molecule is CC(CN)C(=O)NC1(c2ccc(Cl)cc2)CCCC1. The molecule has 3 N–H and O–H groups in total. The van der Waals surface area contributed by atoms with E-state index in [-0.39, 0.29) is 17.4 Å². The van der Waals surface area contributed by atoms with Gasteiger partial charge in [0.2, 0.25) is 5.91 Å². The van der Waals surface area contributed by atoms with Crippen molar-refractivity contribution in [2.45, 2.75) is 38.1 Å². The van der Waals surface area contributed by atoms with Crippen molar-refractivity contribution in [2.75, 3.05) is 6.54 Å². The molecule has 1 aromatic carbocycles. The summed E-state index contributed by atoms with van der Waals surface area (Å²) < 4.78 is 0. The van der Waals surface area contributed by atoms with Crippen LogP contribution in [0.1, 0.15) is 38.2 Å². The Labute approximate surface area is 119 Å². The van der Waals surface area contributed by atoms with Gasteiger partial charge in [0, 0.05) is 17.5 Å². The van der Waals surface area contributed by atoms with Crippen LogP contribution in [0.3, 0.4) is 0 Å². The predicted molar refractivity (Wildman–Crippen MR) is 78.0 cm³/mol. The fourth-order valence-corrected chi connectivity index (χ4v) is 2.83. The first-order valence-corrected chi connectivity index (χ1v) is 7.23. The molecule has 0 aliphatic heterocycles. The molecule has 2 rings (SSSR count). The number of carbonyl (C=O) groups is 1. The van der Waals surface area contributed by atoms with Crippen molar-refractivity contribution in [1.82, 2.24) is 5.32 Å². The third-order valence-corrected chi connectivity index (χ3v) is 4.27. The molecule has 1 amide bonds. The van der Waals surface area contributed by atoms with Crippen molar-refractivity contribution < 1.29 is 4.79 Å². The minimum absolute atomic E-state index is 0.0411. The van der Waals surface area contributed by atoms with Crippen LogP contribution in [0, 0.1) is 5.92 Å². The number of amides is 1. The van der Waals surface area contributed by atoms with Crippen LogP contribution in [-0.4, -0.2) is 12.5 Å². The van der Waals surface area contributed by atoms with Gasteiger partial charge >= 0.3 is 0 Å². The van der Waals surface area contributed by atoms with Crippen LogP contribution in [0.5, 0.6) is 0 Å². The van der Waals surface area contributed by atoms with E-state index in [0.717, 1.165) is 36.3 Å². The second kappa shape index (κ2) is 5.93. The van der Waals surface area contributed by atoms with Crippen molar-refractivity contribution >= 4 is 17.5 Å². The molecule has 0 aromatic heterocycles. The molecule has 0 saturated heterocycles. The highest BCUT2D eigenvalue weighted by atomic mass is 35.5. The Kier molecular flexibility index (Phi) is 4.48. The van der Waals surface area contributed by atoms with Crippen LogP contribution in [0.15, 0.2) is 24.3 Å². The summed E-state index contributed by atoms with van der Waals surface area (Å²) in [7, 11) is 0. The van der Waals surface area contributed by atoms with E-state index in [4.69, 9.17) is 17.3 Å². The smallest absolute Gasteiger partial charge is 0.224 e. The molecular weight excluding hydrogens is 260 g/mol. The van der Waals surface area contributed by atoms with Gasteiger partial charge in [-0.25, -0.2) is 0 Å². The van der Waals surface area contributed by atoms with E-state index in [1.807, 2.05) is 31.2 Å². The van der Waals surface area contributed by atoms with E-state index in [1.54, 1.807) is 0 Å². The van der Waals surface area contributed by atoms with Crippen LogP contribution in [0.2, 0.25) is 5.02 Å². The van der Waals surface area contributed by atoms with Crippen molar-refractivity contribution in [1.29, 1.82) is 0 Å². The summed E-state index contributed by atoms with van der Waals surface area (Å²) in [6.07, 6.45) is 4.25. The van der Waals surface area contributed by atoms with E-state index < -0.39 is 0 Å².